The number of nitrogens with zero attached hydrogens (tertiary/aromatic N) is 7. The molecule has 14 heteroatoms. The molecule has 6 aromatic rings. The molecule has 0 spiro atoms. The van der Waals surface area contributed by atoms with E-state index in [1.165, 1.54) is 16.5 Å². The lowest BCUT2D eigenvalue weighted by atomic mass is 9.82. The summed E-state index contributed by atoms with van der Waals surface area (Å²) < 4.78 is 4.15. The number of aromatic amines is 3. The molecule has 6 heterocycles. The lowest BCUT2D eigenvalue weighted by Gasteiger charge is -2.24. The minimum Gasteiger partial charge on any atom is -0.397 e. The SMILES string of the molecule is C.C=C(N)c1n[nH]c(C(C)C)c1C(C)(C)C.C=C(N)c1n[nH]c(C)c1C(C)(C)C.C=C(N)c1ncn(C(C)C)c1C(C)(C)C.C=C(N)c1ncn(C)c1C(C)(C)C.CC(C)(C)c1c[nH]c2cnccc12. The van der Waals surface area contributed by atoms with Crippen LogP contribution in [-0.4, -0.2) is 49.5 Å². The van der Waals surface area contributed by atoms with Crippen LogP contribution < -0.4 is 22.9 Å². The number of imidazole rings is 2. The van der Waals surface area contributed by atoms with Crippen LogP contribution in [0.3, 0.4) is 0 Å². The van der Waals surface area contributed by atoms with Crippen molar-refractivity contribution in [3.8, 4) is 0 Å². The maximum Gasteiger partial charge on any atom is 0.111 e. The molecule has 70 heavy (non-hydrogen) atoms. The third kappa shape index (κ3) is 15.9. The second-order valence-corrected chi connectivity index (χ2v) is 23.6. The van der Waals surface area contributed by atoms with Crippen molar-refractivity contribution in [3.63, 3.8) is 0 Å². The molecule has 0 radical (unpaired) electrons. The van der Waals surface area contributed by atoms with Crippen molar-refractivity contribution in [3.05, 3.63) is 126 Å². The Morgan fingerprint density at radius 2 is 1.04 bits per heavy atom. The number of nitrogens with one attached hydrogen (secondary N) is 3. The van der Waals surface area contributed by atoms with Gasteiger partial charge in [0.15, 0.2) is 0 Å². The first kappa shape index (κ1) is 61.7. The molecule has 0 saturated heterocycles. The van der Waals surface area contributed by atoms with Gasteiger partial charge in [-0.2, -0.15) is 10.2 Å². The first-order valence-corrected chi connectivity index (χ1v) is 23.7. The van der Waals surface area contributed by atoms with Gasteiger partial charge in [0.2, 0.25) is 0 Å². The molecule has 0 aromatic carbocycles. The summed E-state index contributed by atoms with van der Waals surface area (Å²) in [5, 5.41) is 15.7. The van der Waals surface area contributed by atoms with Crippen molar-refractivity contribution in [1.29, 1.82) is 0 Å². The van der Waals surface area contributed by atoms with Crippen LogP contribution >= 0.6 is 0 Å². The van der Waals surface area contributed by atoms with Gasteiger partial charge in [0.1, 0.15) is 22.8 Å². The summed E-state index contributed by atoms with van der Waals surface area (Å²) in [6.45, 7) is 58.0. The zero-order valence-corrected chi connectivity index (χ0v) is 46.4. The van der Waals surface area contributed by atoms with Crippen LogP contribution in [0.5, 0.6) is 0 Å². The van der Waals surface area contributed by atoms with Crippen molar-refractivity contribution in [2.75, 3.05) is 0 Å². The molecular weight excluding hydrogens is 869 g/mol. The summed E-state index contributed by atoms with van der Waals surface area (Å²) in [5.74, 6) is 0.417. The van der Waals surface area contributed by atoms with Crippen LogP contribution in [0.25, 0.3) is 33.7 Å². The molecular formula is C56H94N14. The number of nitrogens with two attached hydrogens (primary N) is 4. The molecule has 388 valence electrons. The maximum absolute atomic E-state index is 5.75. The van der Waals surface area contributed by atoms with Gasteiger partial charge in [-0.1, -0.05) is 151 Å². The van der Waals surface area contributed by atoms with Gasteiger partial charge >= 0.3 is 0 Å². The summed E-state index contributed by atoms with van der Waals surface area (Å²) in [5.41, 5.74) is 37.8. The fraction of sp³-hybridized carbons (Fsp3) is 0.518. The number of rotatable bonds is 6. The highest BCUT2D eigenvalue weighted by Gasteiger charge is 2.28. The van der Waals surface area contributed by atoms with E-state index in [0.717, 1.165) is 56.6 Å². The summed E-state index contributed by atoms with van der Waals surface area (Å²) in [4.78, 5) is 15.9. The van der Waals surface area contributed by atoms with Crippen molar-refractivity contribution in [2.45, 2.75) is 185 Å². The summed E-state index contributed by atoms with van der Waals surface area (Å²) in [6, 6.07) is 2.45. The normalized spacial score (nSPS) is 11.8. The highest BCUT2D eigenvalue weighted by molar-refractivity contribution is 5.83. The minimum atomic E-state index is 0. The Morgan fingerprint density at radius 1 is 0.600 bits per heavy atom. The summed E-state index contributed by atoms with van der Waals surface area (Å²) in [6.07, 6.45) is 9.40. The van der Waals surface area contributed by atoms with Crippen molar-refractivity contribution in [2.24, 2.45) is 30.0 Å². The molecule has 0 aliphatic carbocycles. The van der Waals surface area contributed by atoms with Crippen molar-refractivity contribution in [1.82, 2.24) is 49.5 Å². The van der Waals surface area contributed by atoms with E-state index in [2.05, 4.69) is 215 Å². The molecule has 0 aliphatic heterocycles. The quantitative estimate of drug-likeness (QED) is 0.0841. The van der Waals surface area contributed by atoms with Gasteiger partial charge in [0.05, 0.1) is 58.5 Å². The largest absolute Gasteiger partial charge is 0.397 e. The van der Waals surface area contributed by atoms with Gasteiger partial charge in [0, 0.05) is 64.2 Å². The van der Waals surface area contributed by atoms with E-state index in [9.17, 15) is 0 Å². The number of pyridine rings is 1. The van der Waals surface area contributed by atoms with Gasteiger partial charge in [-0.3, -0.25) is 15.2 Å². The van der Waals surface area contributed by atoms with Gasteiger partial charge in [-0.15, -0.1) is 0 Å². The van der Waals surface area contributed by atoms with E-state index < -0.39 is 0 Å². The van der Waals surface area contributed by atoms with Gasteiger partial charge in [-0.05, 0) is 54.6 Å². The molecule has 0 unspecified atom stereocenters. The molecule has 14 nitrogen and oxygen atoms in total. The number of hydrogen-bond donors (Lipinski definition) is 7. The Hall–Kier alpha value is -6.31. The predicted molar refractivity (Wildman–Crippen MR) is 301 cm³/mol. The van der Waals surface area contributed by atoms with E-state index in [1.807, 2.05) is 37.3 Å². The first-order valence-electron chi connectivity index (χ1n) is 23.7. The van der Waals surface area contributed by atoms with Gasteiger partial charge in [0.25, 0.3) is 0 Å². The van der Waals surface area contributed by atoms with E-state index >= 15 is 0 Å². The highest BCUT2D eigenvalue weighted by Crippen LogP contribution is 2.34. The van der Waals surface area contributed by atoms with Crippen LogP contribution in [0.1, 0.15) is 213 Å². The molecule has 0 aliphatic rings. The average molecular weight is 963 g/mol. The molecule has 0 bridgehead atoms. The number of hydrogen-bond acceptors (Lipinski definition) is 9. The lowest BCUT2D eigenvalue weighted by Crippen LogP contribution is -2.21. The molecule has 0 amide bonds. The average Bonchev–Trinajstić information content (AvgIpc) is 4.02. The Bertz CT molecular complexity index is 2520. The van der Waals surface area contributed by atoms with Crippen LogP contribution in [0, 0.1) is 6.92 Å². The van der Waals surface area contributed by atoms with E-state index in [0.29, 0.717) is 34.7 Å². The van der Waals surface area contributed by atoms with E-state index in [1.54, 1.807) is 6.33 Å². The highest BCUT2D eigenvalue weighted by atomic mass is 15.1. The van der Waals surface area contributed by atoms with Crippen LogP contribution in [0.2, 0.25) is 0 Å². The number of aromatic nitrogens is 10. The predicted octanol–water partition coefficient (Wildman–Crippen LogP) is 12.5. The fourth-order valence-corrected chi connectivity index (χ4v) is 8.22. The molecule has 11 N–H and O–H groups in total. The molecule has 0 saturated carbocycles. The van der Waals surface area contributed by atoms with Crippen LogP contribution in [-0.2, 0) is 34.1 Å². The second kappa shape index (κ2) is 23.5. The number of H-pyrrole nitrogens is 3. The Kier molecular flexibility index (Phi) is 20.7. The minimum absolute atomic E-state index is 0. The van der Waals surface area contributed by atoms with Crippen LogP contribution in [0.4, 0.5) is 0 Å². The van der Waals surface area contributed by atoms with E-state index in [4.69, 9.17) is 22.9 Å². The number of fused-ring (bicyclic) bond motifs is 1. The van der Waals surface area contributed by atoms with Crippen molar-refractivity contribution >= 4 is 33.7 Å². The van der Waals surface area contributed by atoms with Gasteiger partial charge in [-0.25, -0.2) is 9.97 Å². The zero-order chi connectivity index (χ0) is 53.5. The standard InChI is InChI=1S/2C12H21N3.C11H14N2.2C10H17N3.CH4/c1-8(2)15-7-14-10(9(3)13)11(15)12(4,5)6;1-7(2)10-9(12(4,5)6)11(8(3)13)15-14-10;1-11(2,3)9-6-13-10-7-12-5-4-8(9)10;1-7(11)8-9(10(2,3)4)13(5)6-12-8;1-6(11)9-8(10(3,4)5)7(2)12-13-9;/h7-8H,3,13H2,1-2,4-6H3;7H,3,13H2,1-2,4-6H3,(H,14,15);4-7,13H,1-3H3;6H,1,11H2,2-5H3;1,11H2,2-5H3,(H,12,13);1H4. The fourth-order valence-electron chi connectivity index (χ4n) is 8.22. The monoisotopic (exact) mass is 963 g/mol. The molecule has 6 aromatic heterocycles. The van der Waals surface area contributed by atoms with Gasteiger partial charge < -0.3 is 37.1 Å². The number of aryl methyl sites for hydroxylation is 2. The molecule has 6 rings (SSSR count). The third-order valence-electron chi connectivity index (χ3n) is 11.0. The topological polar surface area (TPSA) is 226 Å². The van der Waals surface area contributed by atoms with Crippen LogP contribution in [0.15, 0.2) is 63.6 Å². The lowest BCUT2D eigenvalue weighted by molar-refractivity contribution is 0.483. The smallest absolute Gasteiger partial charge is 0.111 e. The zero-order valence-electron chi connectivity index (χ0n) is 46.4. The summed E-state index contributed by atoms with van der Waals surface area (Å²) in [7, 11) is 1.97. The maximum atomic E-state index is 5.75. The Morgan fingerprint density at radius 3 is 1.43 bits per heavy atom. The summed E-state index contributed by atoms with van der Waals surface area (Å²) >= 11 is 0. The first-order chi connectivity index (χ1) is 31.3. The third-order valence-corrected chi connectivity index (χ3v) is 11.0. The second-order valence-electron chi connectivity index (χ2n) is 23.6. The Balaban J connectivity index is 0.000000437. The Labute approximate surface area is 422 Å². The molecule has 0 fully saturated rings. The molecule has 0 atom stereocenters. The van der Waals surface area contributed by atoms with E-state index in [-0.39, 0.29) is 34.5 Å². The van der Waals surface area contributed by atoms with Crippen molar-refractivity contribution < 1.29 is 0 Å².